The Morgan fingerprint density at radius 2 is 1.88 bits per heavy atom. The van der Waals surface area contributed by atoms with E-state index in [0.717, 1.165) is 16.1 Å². The molecule has 2 rings (SSSR count). The van der Waals surface area contributed by atoms with E-state index < -0.39 is 26.7 Å². The minimum Gasteiger partial charge on any atom is -0.396 e. The number of benzene rings is 2. The van der Waals surface area contributed by atoms with Gasteiger partial charge < -0.3 is 10.4 Å². The summed E-state index contributed by atoms with van der Waals surface area (Å²) in [6.45, 7) is 1.65. The second-order valence-corrected chi connectivity index (χ2v) is 8.29. The molecule has 0 aliphatic carbocycles. The van der Waals surface area contributed by atoms with E-state index in [2.05, 4.69) is 21.2 Å². The Morgan fingerprint density at radius 3 is 2.38 bits per heavy atom. The molecule has 26 heavy (non-hydrogen) atoms. The number of aliphatic hydroxyl groups is 1. The van der Waals surface area contributed by atoms with Crippen molar-refractivity contribution in [1.82, 2.24) is 0 Å². The summed E-state index contributed by atoms with van der Waals surface area (Å²) in [5.41, 5.74) is 0.541. The van der Waals surface area contributed by atoms with Gasteiger partial charge in [0.05, 0.1) is 15.9 Å². The molecule has 140 valence electrons. The van der Waals surface area contributed by atoms with Gasteiger partial charge in [-0.25, -0.2) is 13.6 Å². The van der Waals surface area contributed by atoms with Crippen molar-refractivity contribution < 1.29 is 18.4 Å². The highest BCUT2D eigenvalue weighted by Gasteiger charge is 2.24. The van der Waals surface area contributed by atoms with Crippen molar-refractivity contribution >= 4 is 37.3 Å². The van der Waals surface area contributed by atoms with Crippen molar-refractivity contribution in [2.75, 3.05) is 11.9 Å². The van der Waals surface area contributed by atoms with Crippen molar-refractivity contribution in [3.05, 3.63) is 62.6 Å². The third-order valence-corrected chi connectivity index (χ3v) is 5.33. The van der Waals surface area contributed by atoms with E-state index in [-0.39, 0.29) is 23.1 Å². The zero-order valence-electron chi connectivity index (χ0n) is 13.8. The Balaban J connectivity index is 2.47. The third-order valence-electron chi connectivity index (χ3n) is 3.89. The van der Waals surface area contributed by atoms with Crippen molar-refractivity contribution in [2.45, 2.75) is 17.9 Å². The van der Waals surface area contributed by atoms with Crippen LogP contribution in [0, 0.1) is 16.0 Å². The number of nitrogens with zero attached hydrogens (tertiary/aromatic N) is 1. The highest BCUT2D eigenvalue weighted by Crippen LogP contribution is 2.33. The van der Waals surface area contributed by atoms with Crippen LogP contribution in [-0.4, -0.2) is 25.1 Å². The predicted octanol–water partition coefficient (Wildman–Crippen LogP) is 2.79. The average molecular weight is 444 g/mol. The maximum atomic E-state index is 11.4. The van der Waals surface area contributed by atoms with Gasteiger partial charge in [0, 0.05) is 23.1 Å². The van der Waals surface area contributed by atoms with Crippen LogP contribution < -0.4 is 10.5 Å². The summed E-state index contributed by atoms with van der Waals surface area (Å²) in [6, 6.07) is 10.3. The monoisotopic (exact) mass is 443 g/mol. The van der Waals surface area contributed by atoms with Crippen LogP contribution in [0.2, 0.25) is 0 Å². The van der Waals surface area contributed by atoms with E-state index in [1.54, 1.807) is 6.92 Å². The summed E-state index contributed by atoms with van der Waals surface area (Å²) in [5, 5.41) is 29.0. The molecule has 4 N–H and O–H groups in total. The van der Waals surface area contributed by atoms with Crippen LogP contribution in [0.5, 0.6) is 0 Å². The lowest BCUT2D eigenvalue weighted by atomic mass is 9.94. The van der Waals surface area contributed by atoms with Crippen LogP contribution in [0.25, 0.3) is 0 Å². The number of nitrogens with two attached hydrogens (primary N) is 1. The molecule has 10 heteroatoms. The molecule has 2 aromatic rings. The first-order valence-corrected chi connectivity index (χ1v) is 9.91. The maximum Gasteiger partial charge on any atom is 0.293 e. The summed E-state index contributed by atoms with van der Waals surface area (Å²) < 4.78 is 23.8. The van der Waals surface area contributed by atoms with Gasteiger partial charge in [-0.15, -0.1) is 0 Å². The van der Waals surface area contributed by atoms with E-state index in [4.69, 9.17) is 5.14 Å². The molecule has 0 spiro atoms. The van der Waals surface area contributed by atoms with Crippen molar-refractivity contribution in [3.8, 4) is 0 Å². The van der Waals surface area contributed by atoms with Gasteiger partial charge in [-0.3, -0.25) is 10.1 Å². The molecule has 0 amide bonds. The Morgan fingerprint density at radius 1 is 1.27 bits per heavy atom. The zero-order chi connectivity index (χ0) is 19.5. The van der Waals surface area contributed by atoms with Crippen LogP contribution in [0.3, 0.4) is 0 Å². The maximum absolute atomic E-state index is 11.4. The molecular formula is C16H18BrN3O5S. The molecule has 2 atom stereocenters. The molecule has 2 aromatic carbocycles. The van der Waals surface area contributed by atoms with Gasteiger partial charge in [-0.05, 0) is 29.8 Å². The normalized spacial score (nSPS) is 13.8. The van der Waals surface area contributed by atoms with Crippen molar-refractivity contribution in [3.63, 3.8) is 0 Å². The number of nitrogens with one attached hydrogen (secondary N) is 1. The van der Waals surface area contributed by atoms with Gasteiger partial charge in [0.1, 0.15) is 5.69 Å². The van der Waals surface area contributed by atoms with E-state index in [1.165, 1.54) is 12.1 Å². The second-order valence-electron chi connectivity index (χ2n) is 5.81. The fourth-order valence-corrected chi connectivity index (χ4v) is 3.26. The molecule has 0 saturated carbocycles. The Labute approximate surface area is 159 Å². The number of primary sulfonamides is 1. The highest BCUT2D eigenvalue weighted by molar-refractivity contribution is 9.10. The fraction of sp³-hybridized carbons (Fsp3) is 0.250. The molecule has 8 nitrogen and oxygen atoms in total. The largest absolute Gasteiger partial charge is 0.396 e. The van der Waals surface area contributed by atoms with E-state index in [9.17, 15) is 23.6 Å². The molecule has 0 aromatic heterocycles. The summed E-state index contributed by atoms with van der Waals surface area (Å²) in [6.07, 6.45) is 0. The van der Waals surface area contributed by atoms with Crippen LogP contribution in [0.1, 0.15) is 18.5 Å². The molecule has 0 bridgehead atoms. The van der Waals surface area contributed by atoms with E-state index >= 15 is 0 Å². The molecule has 0 aliphatic rings. The van der Waals surface area contributed by atoms with Gasteiger partial charge in [-0.2, -0.15) is 0 Å². The first-order valence-electron chi connectivity index (χ1n) is 7.57. The number of anilines is 1. The lowest BCUT2D eigenvalue weighted by molar-refractivity contribution is -0.384. The number of hydrogen-bond donors (Lipinski definition) is 3. The SMILES string of the molecule is CC(CO)C(Nc1ccc(S(N)(=O)=O)cc1[N+](=O)[O-])c1ccc(Br)cc1. The molecule has 2 unspecified atom stereocenters. The number of sulfonamides is 1. The highest BCUT2D eigenvalue weighted by atomic mass is 79.9. The predicted molar refractivity (Wildman–Crippen MR) is 101 cm³/mol. The number of aliphatic hydroxyl groups excluding tert-OH is 1. The van der Waals surface area contributed by atoms with Crippen LogP contribution in [0.4, 0.5) is 11.4 Å². The average Bonchev–Trinajstić information content (AvgIpc) is 2.59. The summed E-state index contributed by atoms with van der Waals surface area (Å²) in [4.78, 5) is 10.4. The number of halogens is 1. The topological polar surface area (TPSA) is 136 Å². The first-order chi connectivity index (χ1) is 12.1. The van der Waals surface area contributed by atoms with E-state index in [1.807, 2.05) is 24.3 Å². The number of nitro benzene ring substituents is 1. The van der Waals surface area contributed by atoms with E-state index in [0.29, 0.717) is 0 Å². The van der Waals surface area contributed by atoms with Gasteiger partial charge in [0.15, 0.2) is 0 Å². The summed E-state index contributed by atoms with van der Waals surface area (Å²) >= 11 is 3.34. The quantitative estimate of drug-likeness (QED) is 0.444. The standard InChI is InChI=1S/C16H18BrN3O5S/c1-10(9-21)16(11-2-4-12(17)5-3-11)19-14-7-6-13(26(18,24)25)8-15(14)20(22)23/h2-8,10,16,19,21H,9H2,1H3,(H2,18,24,25). The smallest absolute Gasteiger partial charge is 0.293 e. The Bertz CT molecular complexity index is 903. The minimum absolute atomic E-state index is 0.135. The zero-order valence-corrected chi connectivity index (χ0v) is 16.2. The lowest BCUT2D eigenvalue weighted by Crippen LogP contribution is -2.22. The molecule has 0 saturated heterocycles. The third kappa shape index (κ3) is 4.79. The molecular weight excluding hydrogens is 426 g/mol. The molecule has 0 radical (unpaired) electrons. The Hall–Kier alpha value is -2.01. The number of nitro groups is 1. The number of rotatable bonds is 7. The Kier molecular flexibility index (Phi) is 6.34. The van der Waals surface area contributed by atoms with Crippen molar-refractivity contribution in [1.29, 1.82) is 0 Å². The van der Waals surface area contributed by atoms with Crippen LogP contribution in [-0.2, 0) is 10.0 Å². The molecule has 0 aliphatic heterocycles. The first kappa shape index (κ1) is 20.3. The van der Waals surface area contributed by atoms with Gasteiger partial charge in [0.25, 0.3) is 5.69 Å². The lowest BCUT2D eigenvalue weighted by Gasteiger charge is -2.25. The van der Waals surface area contributed by atoms with Gasteiger partial charge in [-0.1, -0.05) is 35.0 Å². The van der Waals surface area contributed by atoms with Gasteiger partial charge >= 0.3 is 0 Å². The van der Waals surface area contributed by atoms with Crippen LogP contribution in [0.15, 0.2) is 51.8 Å². The summed E-state index contributed by atoms with van der Waals surface area (Å²) in [7, 11) is -4.06. The second kappa shape index (κ2) is 8.12. The summed E-state index contributed by atoms with van der Waals surface area (Å²) in [5.74, 6) is -0.256. The minimum atomic E-state index is -4.06. The van der Waals surface area contributed by atoms with Crippen molar-refractivity contribution in [2.24, 2.45) is 11.1 Å². The number of hydrogen-bond acceptors (Lipinski definition) is 6. The molecule has 0 fully saturated rings. The van der Waals surface area contributed by atoms with Crippen LogP contribution >= 0.6 is 15.9 Å². The molecule has 0 heterocycles. The fourth-order valence-electron chi connectivity index (χ4n) is 2.46. The van der Waals surface area contributed by atoms with Gasteiger partial charge in [0.2, 0.25) is 10.0 Å².